The molecule has 0 aliphatic rings. The number of hydrogen-bond donors (Lipinski definition) is 1. The molecule has 1 atom stereocenters. The fourth-order valence-corrected chi connectivity index (χ4v) is 1.34. The van der Waals surface area contributed by atoms with Gasteiger partial charge in [-0.3, -0.25) is 0 Å². The van der Waals surface area contributed by atoms with Crippen LogP contribution in [0.25, 0.3) is 0 Å². The Hall–Kier alpha value is -1.12. The van der Waals surface area contributed by atoms with Crippen molar-refractivity contribution in [3.8, 4) is 0 Å². The third kappa shape index (κ3) is 3.86. The van der Waals surface area contributed by atoms with E-state index in [2.05, 4.69) is 37.8 Å². The van der Waals surface area contributed by atoms with Gasteiger partial charge in [0.2, 0.25) is 0 Å². The first-order chi connectivity index (χ1) is 7.27. The Labute approximate surface area is 91.7 Å². The van der Waals surface area contributed by atoms with Crippen LogP contribution >= 0.6 is 0 Å². The summed E-state index contributed by atoms with van der Waals surface area (Å²) in [6, 6.07) is 8.41. The summed E-state index contributed by atoms with van der Waals surface area (Å²) in [7, 11) is 0. The lowest BCUT2D eigenvalue weighted by Crippen LogP contribution is -2.08. The van der Waals surface area contributed by atoms with Crippen molar-refractivity contribution in [1.29, 1.82) is 0 Å². The maximum absolute atomic E-state index is 5.60. The highest BCUT2D eigenvalue weighted by atomic mass is 16.5. The van der Waals surface area contributed by atoms with Crippen molar-refractivity contribution in [3.05, 3.63) is 48.0 Å². The van der Waals surface area contributed by atoms with Gasteiger partial charge in [0.05, 0.1) is 13.2 Å². The van der Waals surface area contributed by atoms with Gasteiger partial charge in [0.15, 0.2) is 0 Å². The van der Waals surface area contributed by atoms with E-state index < -0.39 is 0 Å². The molecule has 0 saturated carbocycles. The average molecular weight is 205 g/mol. The number of benzene rings is 1. The first kappa shape index (κ1) is 12.0. The van der Waals surface area contributed by atoms with Crippen LogP contribution in [0.1, 0.15) is 24.0 Å². The Kier molecular flexibility index (Phi) is 5.08. The van der Waals surface area contributed by atoms with Gasteiger partial charge in [-0.15, -0.1) is 6.58 Å². The third-order valence-corrected chi connectivity index (χ3v) is 2.41. The van der Waals surface area contributed by atoms with Crippen LogP contribution in [0, 0.1) is 0 Å². The topological polar surface area (TPSA) is 35.2 Å². The molecule has 0 bridgehead atoms. The van der Waals surface area contributed by atoms with Crippen LogP contribution in [0.3, 0.4) is 0 Å². The number of hydrogen-bond acceptors (Lipinski definition) is 2. The Bertz CT molecular complexity index is 292. The van der Waals surface area contributed by atoms with E-state index in [1.807, 2.05) is 0 Å². The molecular weight excluding hydrogens is 186 g/mol. The van der Waals surface area contributed by atoms with E-state index in [9.17, 15) is 0 Å². The minimum atomic E-state index is 0.424. The van der Waals surface area contributed by atoms with Gasteiger partial charge in [0.1, 0.15) is 0 Å². The fourth-order valence-electron chi connectivity index (χ4n) is 1.34. The van der Waals surface area contributed by atoms with Crippen molar-refractivity contribution in [3.63, 3.8) is 0 Å². The molecule has 15 heavy (non-hydrogen) atoms. The van der Waals surface area contributed by atoms with Crippen molar-refractivity contribution in [2.45, 2.75) is 19.4 Å². The van der Waals surface area contributed by atoms with Gasteiger partial charge in [0.25, 0.3) is 0 Å². The van der Waals surface area contributed by atoms with Crippen LogP contribution in [0.5, 0.6) is 0 Å². The first-order valence-corrected chi connectivity index (χ1v) is 5.25. The number of ether oxygens (including phenoxy) is 1. The first-order valence-electron chi connectivity index (χ1n) is 5.25. The molecule has 0 spiro atoms. The van der Waals surface area contributed by atoms with E-state index in [-0.39, 0.29) is 0 Å². The molecule has 2 heteroatoms. The summed E-state index contributed by atoms with van der Waals surface area (Å²) in [5.74, 6) is 0.424. The predicted octanol–water partition coefficient (Wildman–Crippen LogP) is 2.45. The number of rotatable bonds is 6. The maximum atomic E-state index is 5.60. The predicted molar refractivity (Wildman–Crippen MR) is 63.8 cm³/mol. The zero-order valence-electron chi connectivity index (χ0n) is 9.28. The number of nitrogens with two attached hydrogens (primary N) is 1. The second kappa shape index (κ2) is 6.38. The molecule has 0 heterocycles. The molecule has 2 nitrogen and oxygen atoms in total. The summed E-state index contributed by atoms with van der Waals surface area (Å²) in [5.41, 5.74) is 8.07. The monoisotopic (exact) mass is 205 g/mol. The second-order valence-electron chi connectivity index (χ2n) is 3.68. The lowest BCUT2D eigenvalue weighted by molar-refractivity contribution is 0.149. The summed E-state index contributed by atoms with van der Waals surface area (Å²) in [4.78, 5) is 0. The van der Waals surface area contributed by atoms with Crippen LogP contribution in [0.2, 0.25) is 0 Å². The van der Waals surface area contributed by atoms with Gasteiger partial charge in [-0.05, 0) is 23.6 Å². The van der Waals surface area contributed by atoms with Crippen molar-refractivity contribution < 1.29 is 4.74 Å². The summed E-state index contributed by atoms with van der Waals surface area (Å²) in [6.45, 7) is 7.66. The zero-order chi connectivity index (χ0) is 11.1. The van der Waals surface area contributed by atoms with Gasteiger partial charge >= 0.3 is 0 Å². The molecule has 0 saturated heterocycles. The molecule has 0 aliphatic heterocycles. The van der Waals surface area contributed by atoms with Crippen LogP contribution < -0.4 is 5.73 Å². The molecular formula is C13H19NO. The zero-order valence-corrected chi connectivity index (χ0v) is 9.28. The van der Waals surface area contributed by atoms with E-state index in [1.165, 1.54) is 11.1 Å². The van der Waals surface area contributed by atoms with Gasteiger partial charge in [0, 0.05) is 0 Å². The molecule has 1 rings (SSSR count). The molecule has 1 unspecified atom stereocenters. The quantitative estimate of drug-likeness (QED) is 0.572. The van der Waals surface area contributed by atoms with Crippen LogP contribution in [-0.4, -0.2) is 13.2 Å². The van der Waals surface area contributed by atoms with E-state index in [0.29, 0.717) is 25.7 Å². The van der Waals surface area contributed by atoms with Crippen molar-refractivity contribution in [2.24, 2.45) is 5.73 Å². The summed E-state index contributed by atoms with van der Waals surface area (Å²) < 4.78 is 5.35. The van der Waals surface area contributed by atoms with Gasteiger partial charge in [-0.1, -0.05) is 37.3 Å². The van der Waals surface area contributed by atoms with E-state index in [4.69, 9.17) is 10.5 Å². The largest absolute Gasteiger partial charge is 0.373 e. The molecule has 1 aromatic rings. The molecule has 0 fully saturated rings. The summed E-state index contributed by atoms with van der Waals surface area (Å²) >= 11 is 0. The van der Waals surface area contributed by atoms with E-state index in [1.54, 1.807) is 6.08 Å². The van der Waals surface area contributed by atoms with Crippen molar-refractivity contribution >= 4 is 0 Å². The summed E-state index contributed by atoms with van der Waals surface area (Å²) in [5, 5.41) is 0. The minimum absolute atomic E-state index is 0.424. The Balaban J connectivity index is 2.52. The molecule has 0 aromatic heterocycles. The fraction of sp³-hybridized carbons (Fsp3) is 0.385. The second-order valence-corrected chi connectivity index (χ2v) is 3.68. The highest BCUT2D eigenvalue weighted by Crippen LogP contribution is 2.14. The smallest absolute Gasteiger partial charge is 0.0721 e. The highest BCUT2D eigenvalue weighted by Gasteiger charge is 2.02. The van der Waals surface area contributed by atoms with Gasteiger partial charge in [-0.2, -0.15) is 0 Å². The maximum Gasteiger partial charge on any atom is 0.0721 e. The van der Waals surface area contributed by atoms with E-state index >= 15 is 0 Å². The molecule has 0 aliphatic carbocycles. The average Bonchev–Trinajstić information content (AvgIpc) is 2.29. The summed E-state index contributed by atoms with van der Waals surface area (Å²) in [6.07, 6.45) is 1.75. The SMILES string of the molecule is C=CCOCc1ccc(C(C)CN)cc1. The van der Waals surface area contributed by atoms with Crippen molar-refractivity contribution in [1.82, 2.24) is 0 Å². The highest BCUT2D eigenvalue weighted by molar-refractivity contribution is 5.24. The molecule has 82 valence electrons. The molecule has 0 amide bonds. The lowest BCUT2D eigenvalue weighted by atomic mass is 10.0. The lowest BCUT2D eigenvalue weighted by Gasteiger charge is -2.09. The Morgan fingerprint density at radius 1 is 1.40 bits per heavy atom. The molecule has 0 radical (unpaired) electrons. The van der Waals surface area contributed by atoms with Crippen LogP contribution in [-0.2, 0) is 11.3 Å². The molecule has 2 N–H and O–H groups in total. The third-order valence-electron chi connectivity index (χ3n) is 2.41. The van der Waals surface area contributed by atoms with Crippen molar-refractivity contribution in [2.75, 3.05) is 13.2 Å². The van der Waals surface area contributed by atoms with Crippen LogP contribution in [0.15, 0.2) is 36.9 Å². The molecule has 1 aromatic carbocycles. The minimum Gasteiger partial charge on any atom is -0.373 e. The standard InChI is InChI=1S/C13H19NO/c1-3-8-15-10-12-4-6-13(7-5-12)11(2)9-14/h3-7,11H,1,8-10,14H2,2H3. The van der Waals surface area contributed by atoms with Crippen LogP contribution in [0.4, 0.5) is 0 Å². The Morgan fingerprint density at radius 2 is 2.07 bits per heavy atom. The van der Waals surface area contributed by atoms with Gasteiger partial charge < -0.3 is 10.5 Å². The Morgan fingerprint density at radius 3 is 2.60 bits per heavy atom. The van der Waals surface area contributed by atoms with Gasteiger partial charge in [-0.25, -0.2) is 0 Å². The normalized spacial score (nSPS) is 12.4. The van der Waals surface area contributed by atoms with E-state index in [0.717, 1.165) is 0 Å².